The number of carboxylic acid groups (broad SMARTS) is 1. The molecule has 6 heteroatoms. The van der Waals surface area contributed by atoms with Crippen LogP contribution in [0.2, 0.25) is 0 Å². The maximum atomic E-state index is 11.9. The molecule has 0 fully saturated rings. The van der Waals surface area contributed by atoms with Crippen molar-refractivity contribution in [2.24, 2.45) is 0 Å². The number of hydrogen-bond acceptors (Lipinski definition) is 3. The lowest BCUT2D eigenvalue weighted by Gasteiger charge is -2.25. The highest BCUT2D eigenvalue weighted by molar-refractivity contribution is 5.94. The Bertz CT molecular complexity index is 545. The number of nitrogens with one attached hydrogen (secondary N) is 2. The van der Waals surface area contributed by atoms with Crippen molar-refractivity contribution in [3.63, 3.8) is 0 Å². The quantitative estimate of drug-likeness (QED) is 0.606. The minimum Gasteiger partial charge on any atom is -0.480 e. The Morgan fingerprint density at radius 2 is 1.83 bits per heavy atom. The number of rotatable bonds is 9. The molecule has 0 spiro atoms. The van der Waals surface area contributed by atoms with Gasteiger partial charge in [-0.15, -0.1) is 0 Å². The van der Waals surface area contributed by atoms with Gasteiger partial charge in [0.15, 0.2) is 0 Å². The van der Waals surface area contributed by atoms with Crippen LogP contribution >= 0.6 is 0 Å². The molecule has 0 aromatic heterocycles. The highest BCUT2D eigenvalue weighted by Gasteiger charge is 2.33. The number of carbonyl (C=O) groups is 3. The topological polar surface area (TPSA) is 95.5 Å². The molecular formula is C17H24N2O4. The van der Waals surface area contributed by atoms with Crippen LogP contribution in [-0.2, 0) is 9.59 Å². The predicted molar refractivity (Wildman–Crippen MR) is 87.1 cm³/mol. The second-order valence-corrected chi connectivity index (χ2v) is 5.66. The SMILES string of the molecule is CCCC(C)(NC(=O)CCCNC(=O)c1ccccc1)C(=O)O. The molecule has 126 valence electrons. The van der Waals surface area contributed by atoms with E-state index < -0.39 is 11.5 Å². The van der Waals surface area contributed by atoms with Gasteiger partial charge in [0, 0.05) is 18.5 Å². The van der Waals surface area contributed by atoms with Crippen LogP contribution in [0.25, 0.3) is 0 Å². The fourth-order valence-corrected chi connectivity index (χ4v) is 2.24. The Kier molecular flexibility index (Phi) is 7.25. The van der Waals surface area contributed by atoms with Gasteiger partial charge in [-0.05, 0) is 31.9 Å². The van der Waals surface area contributed by atoms with E-state index in [0.29, 0.717) is 31.4 Å². The summed E-state index contributed by atoms with van der Waals surface area (Å²) in [5, 5.41) is 14.5. The molecule has 6 nitrogen and oxygen atoms in total. The van der Waals surface area contributed by atoms with Crippen molar-refractivity contribution < 1.29 is 19.5 Å². The molecule has 1 atom stereocenters. The first-order valence-electron chi connectivity index (χ1n) is 7.76. The second kappa shape index (κ2) is 8.92. The van der Waals surface area contributed by atoms with Crippen LogP contribution in [0.15, 0.2) is 30.3 Å². The van der Waals surface area contributed by atoms with Gasteiger partial charge in [0.1, 0.15) is 5.54 Å². The number of carbonyl (C=O) groups excluding carboxylic acids is 2. The monoisotopic (exact) mass is 320 g/mol. The fraction of sp³-hybridized carbons (Fsp3) is 0.471. The summed E-state index contributed by atoms with van der Waals surface area (Å²) >= 11 is 0. The van der Waals surface area contributed by atoms with Crippen LogP contribution in [0.3, 0.4) is 0 Å². The van der Waals surface area contributed by atoms with Gasteiger partial charge in [-0.1, -0.05) is 31.5 Å². The fourth-order valence-electron chi connectivity index (χ4n) is 2.24. The molecule has 0 saturated carbocycles. The number of benzene rings is 1. The van der Waals surface area contributed by atoms with Crippen molar-refractivity contribution in [3.05, 3.63) is 35.9 Å². The summed E-state index contributed by atoms with van der Waals surface area (Å²) < 4.78 is 0. The zero-order chi connectivity index (χ0) is 17.3. The standard InChI is InChI=1S/C17H24N2O4/c1-3-11-17(2,16(22)23)19-14(20)10-7-12-18-15(21)13-8-5-4-6-9-13/h4-6,8-9H,3,7,10-12H2,1-2H3,(H,18,21)(H,19,20)(H,22,23). The average molecular weight is 320 g/mol. The van der Waals surface area contributed by atoms with E-state index in [2.05, 4.69) is 10.6 Å². The van der Waals surface area contributed by atoms with Gasteiger partial charge >= 0.3 is 5.97 Å². The van der Waals surface area contributed by atoms with E-state index in [-0.39, 0.29) is 18.2 Å². The van der Waals surface area contributed by atoms with Crippen LogP contribution in [0.4, 0.5) is 0 Å². The Hall–Kier alpha value is -2.37. The van der Waals surface area contributed by atoms with Crippen molar-refractivity contribution in [2.75, 3.05) is 6.54 Å². The summed E-state index contributed by atoms with van der Waals surface area (Å²) in [6.07, 6.45) is 1.66. The molecule has 0 aliphatic carbocycles. The molecular weight excluding hydrogens is 296 g/mol. The summed E-state index contributed by atoms with van der Waals surface area (Å²) in [6, 6.07) is 8.82. The normalized spacial score (nSPS) is 13.0. The van der Waals surface area contributed by atoms with E-state index in [1.807, 2.05) is 13.0 Å². The largest absolute Gasteiger partial charge is 0.480 e. The molecule has 1 rings (SSSR count). The summed E-state index contributed by atoms with van der Waals surface area (Å²) in [6.45, 7) is 3.74. The maximum Gasteiger partial charge on any atom is 0.329 e. The van der Waals surface area contributed by atoms with E-state index in [4.69, 9.17) is 0 Å². The van der Waals surface area contributed by atoms with Gasteiger partial charge in [-0.25, -0.2) is 4.79 Å². The van der Waals surface area contributed by atoms with Gasteiger partial charge in [-0.3, -0.25) is 9.59 Å². The molecule has 23 heavy (non-hydrogen) atoms. The van der Waals surface area contributed by atoms with Gasteiger partial charge in [-0.2, -0.15) is 0 Å². The minimum atomic E-state index is -1.24. The van der Waals surface area contributed by atoms with Crippen LogP contribution < -0.4 is 10.6 Å². The average Bonchev–Trinajstić information content (AvgIpc) is 2.52. The van der Waals surface area contributed by atoms with Crippen molar-refractivity contribution in [1.29, 1.82) is 0 Å². The van der Waals surface area contributed by atoms with Gasteiger partial charge in [0.2, 0.25) is 5.91 Å². The molecule has 2 amide bonds. The smallest absolute Gasteiger partial charge is 0.329 e. The van der Waals surface area contributed by atoms with Crippen molar-refractivity contribution in [1.82, 2.24) is 10.6 Å². The molecule has 0 aliphatic rings. The summed E-state index contributed by atoms with van der Waals surface area (Å²) in [4.78, 5) is 34.9. The van der Waals surface area contributed by atoms with Crippen molar-refractivity contribution in [2.45, 2.75) is 45.1 Å². The van der Waals surface area contributed by atoms with Crippen molar-refractivity contribution in [3.8, 4) is 0 Å². The Labute approximate surface area is 136 Å². The van der Waals surface area contributed by atoms with Gasteiger partial charge in [0.25, 0.3) is 5.91 Å². The first-order valence-corrected chi connectivity index (χ1v) is 7.76. The summed E-state index contributed by atoms with van der Waals surface area (Å²) in [7, 11) is 0. The highest BCUT2D eigenvalue weighted by Crippen LogP contribution is 2.13. The molecule has 0 aliphatic heterocycles. The first-order chi connectivity index (χ1) is 10.9. The van der Waals surface area contributed by atoms with Gasteiger partial charge < -0.3 is 15.7 Å². The highest BCUT2D eigenvalue weighted by atomic mass is 16.4. The molecule has 0 radical (unpaired) electrons. The molecule has 1 aromatic rings. The van der Waals surface area contributed by atoms with Crippen LogP contribution in [0.1, 0.15) is 49.9 Å². The Morgan fingerprint density at radius 1 is 1.17 bits per heavy atom. The Morgan fingerprint density at radius 3 is 2.39 bits per heavy atom. The third kappa shape index (κ3) is 6.10. The second-order valence-electron chi connectivity index (χ2n) is 5.66. The maximum absolute atomic E-state index is 11.9. The predicted octanol–water partition coefficient (Wildman–Crippen LogP) is 1.96. The van der Waals surface area contributed by atoms with Crippen LogP contribution in [0.5, 0.6) is 0 Å². The third-order valence-electron chi connectivity index (χ3n) is 3.54. The van der Waals surface area contributed by atoms with Gasteiger partial charge in [0.05, 0.1) is 0 Å². The molecule has 0 heterocycles. The minimum absolute atomic E-state index is 0.168. The number of hydrogen-bond donors (Lipinski definition) is 3. The van der Waals surface area contributed by atoms with E-state index in [1.165, 1.54) is 6.92 Å². The van der Waals surface area contributed by atoms with E-state index in [0.717, 1.165) is 0 Å². The molecule has 3 N–H and O–H groups in total. The Balaban J connectivity index is 2.34. The molecule has 0 bridgehead atoms. The molecule has 1 aromatic carbocycles. The zero-order valence-electron chi connectivity index (χ0n) is 13.6. The molecule has 0 saturated heterocycles. The number of amides is 2. The summed E-state index contributed by atoms with van der Waals surface area (Å²) in [5.74, 6) is -1.55. The lowest BCUT2D eigenvalue weighted by molar-refractivity contribution is -0.147. The van der Waals surface area contributed by atoms with Crippen LogP contribution in [-0.4, -0.2) is 35.0 Å². The number of aliphatic carboxylic acids is 1. The third-order valence-corrected chi connectivity index (χ3v) is 3.54. The van der Waals surface area contributed by atoms with E-state index in [1.54, 1.807) is 24.3 Å². The lowest BCUT2D eigenvalue weighted by atomic mass is 9.96. The van der Waals surface area contributed by atoms with E-state index in [9.17, 15) is 19.5 Å². The zero-order valence-corrected chi connectivity index (χ0v) is 13.6. The van der Waals surface area contributed by atoms with E-state index >= 15 is 0 Å². The lowest BCUT2D eigenvalue weighted by Crippen LogP contribution is -2.52. The summed E-state index contributed by atoms with van der Waals surface area (Å²) in [5.41, 5.74) is -0.669. The molecule has 1 unspecified atom stereocenters. The van der Waals surface area contributed by atoms with Crippen LogP contribution in [0, 0.1) is 0 Å². The number of carboxylic acids is 1. The first kappa shape index (κ1) is 18.7. The van der Waals surface area contributed by atoms with Crippen molar-refractivity contribution >= 4 is 17.8 Å².